The van der Waals surface area contributed by atoms with E-state index in [1.165, 1.54) is 0 Å². The molecule has 0 fully saturated rings. The number of amides is 1. The van der Waals surface area contributed by atoms with E-state index in [9.17, 15) is 4.79 Å². The molecule has 64 valence electrons. The first-order valence-corrected chi connectivity index (χ1v) is 4.04. The van der Waals surface area contributed by atoms with Gasteiger partial charge in [-0.05, 0) is 18.1 Å². The van der Waals surface area contributed by atoms with E-state index in [4.69, 9.17) is 11.6 Å². The number of halogens is 1. The van der Waals surface area contributed by atoms with Gasteiger partial charge in [-0.3, -0.25) is 4.79 Å². The summed E-state index contributed by atoms with van der Waals surface area (Å²) in [5.74, 6) is 0. The van der Waals surface area contributed by atoms with Crippen molar-refractivity contribution < 1.29 is 4.79 Å². The molecule has 0 bridgehead atoms. The highest BCUT2D eigenvalue weighted by Gasteiger charge is 2.00. The molecule has 2 nitrogen and oxygen atoms in total. The molecule has 0 heterocycles. The van der Waals surface area contributed by atoms with Crippen molar-refractivity contribution in [2.45, 2.75) is 13.5 Å². The molecule has 1 aromatic rings. The molecule has 0 radical (unpaired) electrons. The number of hydrogen-bond acceptors (Lipinski definition) is 1. The Labute approximate surface area is 76.5 Å². The molecule has 0 unspecified atom stereocenters. The average molecular weight is 184 g/mol. The molecule has 1 amide bonds. The number of carbonyl (C=O) groups excluding carboxylic acids is 1. The Kier molecular flexibility index (Phi) is 3.11. The third-order valence-corrected chi connectivity index (χ3v) is 2.19. The predicted octanol–water partition coefficient (Wildman–Crippen LogP) is 1.89. The van der Waals surface area contributed by atoms with Crippen molar-refractivity contribution >= 4 is 18.0 Å². The largest absolute Gasteiger partial charge is 0.355 e. The number of carbonyl (C=O) groups is 1. The van der Waals surface area contributed by atoms with Gasteiger partial charge in [0.1, 0.15) is 0 Å². The van der Waals surface area contributed by atoms with E-state index in [-0.39, 0.29) is 0 Å². The lowest BCUT2D eigenvalue weighted by Crippen LogP contribution is -2.10. The van der Waals surface area contributed by atoms with Gasteiger partial charge in [-0.25, -0.2) is 0 Å². The summed E-state index contributed by atoms with van der Waals surface area (Å²) in [4.78, 5) is 10.0. The topological polar surface area (TPSA) is 29.1 Å². The van der Waals surface area contributed by atoms with E-state index in [0.29, 0.717) is 13.0 Å². The maximum absolute atomic E-state index is 10.0. The third kappa shape index (κ3) is 1.98. The molecular weight excluding hydrogens is 174 g/mol. The molecule has 1 aromatic carbocycles. The van der Waals surface area contributed by atoms with Crippen molar-refractivity contribution in [3.05, 3.63) is 34.3 Å². The first-order chi connectivity index (χ1) is 5.75. The number of hydrogen-bond donors (Lipinski definition) is 1. The summed E-state index contributed by atoms with van der Waals surface area (Å²) in [6.45, 7) is 2.43. The van der Waals surface area contributed by atoms with E-state index in [1.54, 1.807) is 0 Å². The number of nitrogens with one attached hydrogen (secondary N) is 1. The quantitative estimate of drug-likeness (QED) is 0.713. The number of aryl methyl sites for hydroxylation is 1. The van der Waals surface area contributed by atoms with Crippen molar-refractivity contribution in [2.24, 2.45) is 0 Å². The van der Waals surface area contributed by atoms with Crippen LogP contribution in [0.4, 0.5) is 0 Å². The predicted molar refractivity (Wildman–Crippen MR) is 49.1 cm³/mol. The van der Waals surface area contributed by atoms with Gasteiger partial charge in [0.2, 0.25) is 6.41 Å². The summed E-state index contributed by atoms with van der Waals surface area (Å²) in [7, 11) is 0. The molecule has 0 aliphatic carbocycles. The molecule has 3 heteroatoms. The van der Waals surface area contributed by atoms with E-state index < -0.39 is 0 Å². The van der Waals surface area contributed by atoms with E-state index >= 15 is 0 Å². The highest BCUT2D eigenvalue weighted by Crippen LogP contribution is 2.19. The minimum atomic E-state index is 0.490. The molecular formula is C9H10ClNO. The number of benzene rings is 1. The van der Waals surface area contributed by atoms with Crippen LogP contribution < -0.4 is 5.32 Å². The average Bonchev–Trinajstić information content (AvgIpc) is 2.08. The Morgan fingerprint density at radius 2 is 2.33 bits per heavy atom. The minimum absolute atomic E-state index is 0.490. The van der Waals surface area contributed by atoms with Crippen LogP contribution in [0.3, 0.4) is 0 Å². The Morgan fingerprint density at radius 1 is 1.58 bits per heavy atom. The van der Waals surface area contributed by atoms with Crippen LogP contribution in [0.25, 0.3) is 0 Å². The zero-order valence-electron chi connectivity index (χ0n) is 6.80. The van der Waals surface area contributed by atoms with Gasteiger partial charge in [0.15, 0.2) is 0 Å². The van der Waals surface area contributed by atoms with Gasteiger partial charge >= 0.3 is 0 Å². The number of rotatable bonds is 3. The van der Waals surface area contributed by atoms with Crippen molar-refractivity contribution in [1.82, 2.24) is 5.32 Å². The van der Waals surface area contributed by atoms with Crippen LogP contribution in [-0.2, 0) is 11.3 Å². The minimum Gasteiger partial charge on any atom is -0.355 e. The highest BCUT2D eigenvalue weighted by atomic mass is 35.5. The first kappa shape index (κ1) is 9.07. The lowest BCUT2D eigenvalue weighted by atomic mass is 10.1. The van der Waals surface area contributed by atoms with Gasteiger partial charge in [0, 0.05) is 11.6 Å². The van der Waals surface area contributed by atoms with E-state index in [0.717, 1.165) is 16.1 Å². The van der Waals surface area contributed by atoms with Crippen LogP contribution >= 0.6 is 11.6 Å². The van der Waals surface area contributed by atoms with Crippen LogP contribution in [0.1, 0.15) is 11.1 Å². The summed E-state index contributed by atoms with van der Waals surface area (Å²) >= 11 is 5.97. The van der Waals surface area contributed by atoms with Crippen molar-refractivity contribution in [3.63, 3.8) is 0 Å². The molecule has 1 rings (SSSR count). The van der Waals surface area contributed by atoms with Crippen LogP contribution in [0, 0.1) is 6.92 Å². The fraction of sp³-hybridized carbons (Fsp3) is 0.222. The van der Waals surface area contributed by atoms with Gasteiger partial charge in [-0.1, -0.05) is 29.8 Å². The molecule has 0 aromatic heterocycles. The summed E-state index contributed by atoms with van der Waals surface area (Å²) in [6, 6.07) is 5.75. The third-order valence-electron chi connectivity index (χ3n) is 1.65. The second-order valence-electron chi connectivity index (χ2n) is 2.55. The maximum Gasteiger partial charge on any atom is 0.207 e. The summed E-state index contributed by atoms with van der Waals surface area (Å²) in [6.07, 6.45) is 0.665. The fourth-order valence-electron chi connectivity index (χ4n) is 0.996. The van der Waals surface area contributed by atoms with Crippen LogP contribution in [0.5, 0.6) is 0 Å². The highest BCUT2D eigenvalue weighted by molar-refractivity contribution is 6.32. The van der Waals surface area contributed by atoms with Gasteiger partial charge < -0.3 is 5.32 Å². The monoisotopic (exact) mass is 183 g/mol. The second-order valence-corrected chi connectivity index (χ2v) is 2.92. The SMILES string of the molecule is Cc1cccc(CNC=O)c1Cl. The second kappa shape index (κ2) is 4.12. The Balaban J connectivity index is 2.84. The molecule has 12 heavy (non-hydrogen) atoms. The van der Waals surface area contributed by atoms with Gasteiger partial charge in [-0.2, -0.15) is 0 Å². The van der Waals surface area contributed by atoms with Crippen molar-refractivity contribution in [1.29, 1.82) is 0 Å². The summed E-state index contributed by atoms with van der Waals surface area (Å²) in [5, 5.41) is 3.30. The smallest absolute Gasteiger partial charge is 0.207 e. The van der Waals surface area contributed by atoms with E-state index in [1.807, 2.05) is 25.1 Å². The zero-order valence-corrected chi connectivity index (χ0v) is 7.56. The molecule has 1 N–H and O–H groups in total. The van der Waals surface area contributed by atoms with Gasteiger partial charge in [0.25, 0.3) is 0 Å². The molecule has 0 aliphatic rings. The van der Waals surface area contributed by atoms with Crippen molar-refractivity contribution in [2.75, 3.05) is 0 Å². The Morgan fingerprint density at radius 3 is 3.00 bits per heavy atom. The Hall–Kier alpha value is -1.02. The molecule has 0 saturated carbocycles. The maximum atomic E-state index is 10.0. The standard InChI is InChI=1S/C9H10ClNO/c1-7-3-2-4-8(9(7)10)5-11-6-12/h2-4,6H,5H2,1H3,(H,11,12). The van der Waals surface area contributed by atoms with Crippen molar-refractivity contribution in [3.8, 4) is 0 Å². The van der Waals surface area contributed by atoms with Gasteiger partial charge in [0.05, 0.1) is 0 Å². The van der Waals surface area contributed by atoms with Crippen LogP contribution in [0.15, 0.2) is 18.2 Å². The van der Waals surface area contributed by atoms with Gasteiger partial charge in [-0.15, -0.1) is 0 Å². The summed E-state index contributed by atoms with van der Waals surface area (Å²) in [5.41, 5.74) is 1.98. The first-order valence-electron chi connectivity index (χ1n) is 3.66. The molecule has 0 spiro atoms. The van der Waals surface area contributed by atoms with Crippen LogP contribution in [-0.4, -0.2) is 6.41 Å². The molecule has 0 saturated heterocycles. The lowest BCUT2D eigenvalue weighted by molar-refractivity contribution is -0.109. The lowest BCUT2D eigenvalue weighted by Gasteiger charge is -2.04. The molecule has 0 atom stereocenters. The normalized spacial score (nSPS) is 9.50. The molecule has 0 aliphatic heterocycles. The zero-order chi connectivity index (χ0) is 8.97. The Bertz CT molecular complexity index is 286. The fourth-order valence-corrected chi connectivity index (χ4v) is 1.19. The summed E-state index contributed by atoms with van der Waals surface area (Å²) < 4.78 is 0. The van der Waals surface area contributed by atoms with Crippen LogP contribution in [0.2, 0.25) is 5.02 Å². The van der Waals surface area contributed by atoms with E-state index in [2.05, 4.69) is 5.32 Å².